The van der Waals surface area contributed by atoms with E-state index in [0.29, 0.717) is 6.04 Å². The zero-order chi connectivity index (χ0) is 18.4. The maximum atomic E-state index is 4.50. The Morgan fingerprint density at radius 2 is 2.15 bits per heavy atom. The van der Waals surface area contributed by atoms with Gasteiger partial charge in [-0.05, 0) is 49.1 Å². The van der Waals surface area contributed by atoms with Gasteiger partial charge >= 0.3 is 0 Å². The second-order valence-electron chi connectivity index (χ2n) is 6.82. The highest BCUT2D eigenvalue weighted by Gasteiger charge is 2.20. The van der Waals surface area contributed by atoms with Crippen molar-refractivity contribution in [2.75, 3.05) is 26.7 Å². The average Bonchev–Trinajstić information content (AvgIpc) is 3.25. The van der Waals surface area contributed by atoms with Crippen LogP contribution in [0.3, 0.4) is 0 Å². The van der Waals surface area contributed by atoms with E-state index in [9.17, 15) is 0 Å². The van der Waals surface area contributed by atoms with Gasteiger partial charge in [-0.2, -0.15) is 11.3 Å². The average molecular weight is 392 g/mol. The summed E-state index contributed by atoms with van der Waals surface area (Å²) in [5.41, 5.74) is 2.60. The SMILES string of the molecule is CN=C(NCCc1sc(C)nc1C)NC1CCN(Cc2ccsc2)CC1. The minimum atomic E-state index is 0.507. The fraction of sp³-hybridized carbons (Fsp3) is 0.579. The molecule has 0 aliphatic carbocycles. The van der Waals surface area contributed by atoms with Gasteiger partial charge in [0, 0.05) is 50.6 Å². The number of likely N-dealkylation sites (tertiary alicyclic amines) is 1. The van der Waals surface area contributed by atoms with Crippen LogP contribution in [0.25, 0.3) is 0 Å². The van der Waals surface area contributed by atoms with Crippen molar-refractivity contribution >= 4 is 28.6 Å². The molecule has 0 saturated carbocycles. The zero-order valence-electron chi connectivity index (χ0n) is 15.9. The quantitative estimate of drug-likeness (QED) is 0.587. The summed E-state index contributed by atoms with van der Waals surface area (Å²) in [6, 6.07) is 2.74. The minimum Gasteiger partial charge on any atom is -0.356 e. The number of nitrogens with one attached hydrogen (secondary N) is 2. The first-order valence-electron chi connectivity index (χ1n) is 9.27. The monoisotopic (exact) mass is 391 g/mol. The van der Waals surface area contributed by atoms with Crippen LogP contribution in [0.4, 0.5) is 0 Å². The lowest BCUT2D eigenvalue weighted by molar-refractivity contribution is 0.198. The topological polar surface area (TPSA) is 52.6 Å². The van der Waals surface area contributed by atoms with Crippen molar-refractivity contribution in [1.82, 2.24) is 20.5 Å². The van der Waals surface area contributed by atoms with Gasteiger partial charge < -0.3 is 10.6 Å². The van der Waals surface area contributed by atoms with Gasteiger partial charge in [-0.15, -0.1) is 11.3 Å². The number of guanidine groups is 1. The third kappa shape index (κ3) is 5.53. The molecule has 3 rings (SSSR count). The van der Waals surface area contributed by atoms with Crippen LogP contribution in [0.15, 0.2) is 21.8 Å². The normalized spacial score (nSPS) is 16.8. The van der Waals surface area contributed by atoms with Gasteiger partial charge in [0.15, 0.2) is 5.96 Å². The minimum absolute atomic E-state index is 0.507. The first-order valence-corrected chi connectivity index (χ1v) is 11.0. The molecule has 1 fully saturated rings. The van der Waals surface area contributed by atoms with Crippen molar-refractivity contribution < 1.29 is 0 Å². The first-order chi connectivity index (χ1) is 12.6. The van der Waals surface area contributed by atoms with Crippen molar-refractivity contribution in [3.05, 3.63) is 38.0 Å². The molecular formula is C19H29N5S2. The van der Waals surface area contributed by atoms with Gasteiger partial charge in [0.25, 0.3) is 0 Å². The van der Waals surface area contributed by atoms with Gasteiger partial charge in [-0.1, -0.05) is 0 Å². The van der Waals surface area contributed by atoms with Crippen LogP contribution in [-0.2, 0) is 13.0 Å². The summed E-state index contributed by atoms with van der Waals surface area (Å²) in [5, 5.41) is 12.6. The predicted molar refractivity (Wildman–Crippen MR) is 112 cm³/mol. The van der Waals surface area contributed by atoms with E-state index in [0.717, 1.165) is 62.1 Å². The molecule has 2 aromatic heterocycles. The Labute approximate surface area is 164 Å². The number of thiophene rings is 1. The van der Waals surface area contributed by atoms with Crippen molar-refractivity contribution in [3.63, 3.8) is 0 Å². The Morgan fingerprint density at radius 3 is 2.77 bits per heavy atom. The van der Waals surface area contributed by atoms with Gasteiger partial charge in [-0.25, -0.2) is 4.98 Å². The van der Waals surface area contributed by atoms with E-state index in [1.165, 1.54) is 10.4 Å². The van der Waals surface area contributed by atoms with E-state index >= 15 is 0 Å². The highest BCUT2D eigenvalue weighted by atomic mass is 32.1. The Balaban J connectivity index is 1.38. The molecule has 7 heteroatoms. The summed E-state index contributed by atoms with van der Waals surface area (Å²) < 4.78 is 0. The molecule has 0 amide bonds. The lowest BCUT2D eigenvalue weighted by Crippen LogP contribution is -2.48. The van der Waals surface area contributed by atoms with E-state index in [4.69, 9.17) is 0 Å². The summed E-state index contributed by atoms with van der Waals surface area (Å²) >= 11 is 3.58. The van der Waals surface area contributed by atoms with Gasteiger partial charge in [0.1, 0.15) is 0 Å². The first kappa shape index (κ1) is 19.3. The molecule has 0 atom stereocenters. The molecule has 2 N–H and O–H groups in total. The molecule has 0 radical (unpaired) electrons. The number of piperidine rings is 1. The van der Waals surface area contributed by atoms with Crippen LogP contribution in [0.5, 0.6) is 0 Å². The summed E-state index contributed by atoms with van der Waals surface area (Å²) in [5.74, 6) is 0.917. The molecule has 0 unspecified atom stereocenters. The molecule has 1 aliphatic rings. The molecule has 26 heavy (non-hydrogen) atoms. The molecule has 0 bridgehead atoms. The number of aromatic nitrogens is 1. The maximum Gasteiger partial charge on any atom is 0.191 e. The molecule has 1 saturated heterocycles. The third-order valence-electron chi connectivity index (χ3n) is 4.78. The highest BCUT2D eigenvalue weighted by Crippen LogP contribution is 2.17. The summed E-state index contributed by atoms with van der Waals surface area (Å²) in [6.07, 6.45) is 3.33. The summed E-state index contributed by atoms with van der Waals surface area (Å²) in [4.78, 5) is 12.8. The van der Waals surface area contributed by atoms with Crippen molar-refractivity contribution in [2.45, 2.75) is 45.7 Å². The van der Waals surface area contributed by atoms with E-state index in [1.54, 1.807) is 22.7 Å². The van der Waals surface area contributed by atoms with Gasteiger partial charge in [0.2, 0.25) is 0 Å². The maximum absolute atomic E-state index is 4.50. The van der Waals surface area contributed by atoms with Crippen LogP contribution in [0, 0.1) is 13.8 Å². The van der Waals surface area contributed by atoms with E-state index in [-0.39, 0.29) is 0 Å². The van der Waals surface area contributed by atoms with Crippen LogP contribution in [-0.4, -0.2) is 48.6 Å². The van der Waals surface area contributed by atoms with Crippen molar-refractivity contribution in [3.8, 4) is 0 Å². The second-order valence-corrected chi connectivity index (χ2v) is 8.88. The number of aryl methyl sites for hydroxylation is 2. The Bertz CT molecular complexity index is 700. The molecular weight excluding hydrogens is 362 g/mol. The number of rotatable bonds is 6. The lowest BCUT2D eigenvalue weighted by Gasteiger charge is -2.32. The molecule has 3 heterocycles. The van der Waals surface area contributed by atoms with Gasteiger partial charge in [-0.3, -0.25) is 9.89 Å². The predicted octanol–water partition coefficient (Wildman–Crippen LogP) is 3.19. The number of hydrogen-bond acceptors (Lipinski definition) is 5. The lowest BCUT2D eigenvalue weighted by atomic mass is 10.0. The van der Waals surface area contributed by atoms with E-state index in [1.807, 2.05) is 7.05 Å². The zero-order valence-corrected chi connectivity index (χ0v) is 17.6. The van der Waals surface area contributed by atoms with E-state index < -0.39 is 0 Å². The fourth-order valence-electron chi connectivity index (χ4n) is 3.36. The Hall–Kier alpha value is -1.44. The standard InChI is InChI=1S/C19H29N5S2/c1-14-18(26-15(2)22-14)4-8-21-19(20-3)23-17-5-9-24(10-6-17)12-16-7-11-25-13-16/h7,11,13,17H,4-6,8-10,12H2,1-3H3,(H2,20,21,23). The van der Waals surface area contributed by atoms with Crippen molar-refractivity contribution in [1.29, 1.82) is 0 Å². The molecule has 142 valence electrons. The molecule has 1 aliphatic heterocycles. The largest absolute Gasteiger partial charge is 0.356 e. The summed E-state index contributed by atoms with van der Waals surface area (Å²) in [7, 11) is 1.85. The second kappa shape index (κ2) is 9.48. The molecule has 2 aromatic rings. The third-order valence-corrected chi connectivity index (χ3v) is 6.65. The van der Waals surface area contributed by atoms with Crippen molar-refractivity contribution in [2.24, 2.45) is 4.99 Å². The smallest absolute Gasteiger partial charge is 0.191 e. The van der Waals surface area contributed by atoms with Crippen LogP contribution in [0.2, 0.25) is 0 Å². The Morgan fingerprint density at radius 1 is 1.35 bits per heavy atom. The molecule has 0 aromatic carbocycles. The highest BCUT2D eigenvalue weighted by molar-refractivity contribution is 7.11. The Kier molecular flexibility index (Phi) is 7.05. The van der Waals surface area contributed by atoms with Gasteiger partial charge in [0.05, 0.1) is 10.7 Å². The number of nitrogens with zero attached hydrogens (tertiary/aromatic N) is 3. The summed E-state index contributed by atoms with van der Waals surface area (Å²) in [6.45, 7) is 8.42. The van der Waals surface area contributed by atoms with Crippen LogP contribution < -0.4 is 10.6 Å². The molecule has 5 nitrogen and oxygen atoms in total. The van der Waals surface area contributed by atoms with Crippen LogP contribution in [0.1, 0.15) is 34.0 Å². The molecule has 0 spiro atoms. The number of thiazole rings is 1. The fourth-order valence-corrected chi connectivity index (χ4v) is 4.96. The van der Waals surface area contributed by atoms with Crippen LogP contribution >= 0.6 is 22.7 Å². The van der Waals surface area contributed by atoms with E-state index in [2.05, 4.69) is 56.2 Å². The number of hydrogen-bond donors (Lipinski definition) is 2. The number of aliphatic imine (C=N–C) groups is 1.